The number of anilines is 1. The van der Waals surface area contributed by atoms with Crippen LogP contribution in [0.4, 0.5) is 5.69 Å². The number of hydrogen-bond acceptors (Lipinski definition) is 3. The molecule has 1 amide bonds. The van der Waals surface area contributed by atoms with Crippen LogP contribution in [0.15, 0.2) is 53.9 Å². The van der Waals surface area contributed by atoms with Gasteiger partial charge in [-0.25, -0.2) is 4.98 Å². The largest absolute Gasteiger partial charge is 0.322 e. The summed E-state index contributed by atoms with van der Waals surface area (Å²) in [5, 5.41) is 5.95. The normalized spacial score (nSPS) is 10.5. The molecule has 4 heteroatoms. The first-order valence-corrected chi connectivity index (χ1v) is 8.46. The molecule has 3 rings (SSSR count). The molecule has 1 N–H and O–H groups in total. The minimum absolute atomic E-state index is 0.0971. The van der Waals surface area contributed by atoms with Gasteiger partial charge < -0.3 is 5.32 Å². The number of thiazole rings is 1. The third-order valence-corrected chi connectivity index (χ3v) is 4.62. The molecule has 0 saturated carbocycles. The van der Waals surface area contributed by atoms with Crippen LogP contribution in [0.5, 0.6) is 0 Å². The van der Waals surface area contributed by atoms with Crippen LogP contribution >= 0.6 is 11.3 Å². The van der Waals surface area contributed by atoms with Crippen molar-refractivity contribution in [2.75, 3.05) is 5.32 Å². The maximum Gasteiger partial charge on any atom is 0.255 e. The molecule has 0 spiro atoms. The third kappa shape index (κ3) is 3.66. The summed E-state index contributed by atoms with van der Waals surface area (Å²) in [6.45, 7) is 4.08. The van der Waals surface area contributed by atoms with Crippen LogP contribution in [0.2, 0.25) is 0 Å². The first kappa shape index (κ1) is 15.4. The maximum absolute atomic E-state index is 12.3. The zero-order chi connectivity index (χ0) is 16.2. The van der Waals surface area contributed by atoms with E-state index < -0.39 is 0 Å². The van der Waals surface area contributed by atoms with Gasteiger partial charge >= 0.3 is 0 Å². The molecule has 0 fully saturated rings. The molecule has 0 aliphatic heterocycles. The fourth-order valence-electron chi connectivity index (χ4n) is 2.32. The van der Waals surface area contributed by atoms with E-state index in [0.29, 0.717) is 5.56 Å². The van der Waals surface area contributed by atoms with Crippen LogP contribution in [0.1, 0.15) is 28.5 Å². The van der Waals surface area contributed by atoms with Gasteiger partial charge in [-0.2, -0.15) is 0 Å². The second-order valence-electron chi connectivity index (χ2n) is 5.38. The molecule has 0 aliphatic rings. The molecule has 2 aromatic carbocycles. The number of aryl methyl sites for hydroxylation is 2. The molecule has 0 atom stereocenters. The van der Waals surface area contributed by atoms with Crippen molar-refractivity contribution in [2.24, 2.45) is 0 Å². The van der Waals surface area contributed by atoms with Crippen molar-refractivity contribution in [3.8, 4) is 10.6 Å². The predicted octanol–water partition coefficient (Wildman–Crippen LogP) is 4.93. The molecule has 3 aromatic rings. The molecule has 0 radical (unpaired) electrons. The van der Waals surface area contributed by atoms with Gasteiger partial charge in [-0.15, -0.1) is 11.3 Å². The summed E-state index contributed by atoms with van der Waals surface area (Å²) < 4.78 is 0. The summed E-state index contributed by atoms with van der Waals surface area (Å²) in [6.07, 6.45) is 0.950. The first-order valence-electron chi connectivity index (χ1n) is 7.58. The molecule has 3 nitrogen and oxygen atoms in total. The smallest absolute Gasteiger partial charge is 0.255 e. The fourth-order valence-corrected chi connectivity index (χ4v) is 3.13. The summed E-state index contributed by atoms with van der Waals surface area (Å²) in [5.74, 6) is -0.0971. The zero-order valence-electron chi connectivity index (χ0n) is 13.2. The van der Waals surface area contributed by atoms with Crippen LogP contribution in [0.3, 0.4) is 0 Å². The van der Waals surface area contributed by atoms with E-state index in [4.69, 9.17) is 0 Å². The molecule has 23 heavy (non-hydrogen) atoms. The fraction of sp³-hybridized carbons (Fsp3) is 0.158. The zero-order valence-corrected chi connectivity index (χ0v) is 14.0. The number of rotatable bonds is 4. The minimum atomic E-state index is -0.0971. The van der Waals surface area contributed by atoms with Gasteiger partial charge in [-0.3, -0.25) is 4.79 Å². The van der Waals surface area contributed by atoms with Crippen molar-refractivity contribution in [2.45, 2.75) is 20.3 Å². The van der Waals surface area contributed by atoms with Crippen molar-refractivity contribution in [3.63, 3.8) is 0 Å². The standard InChI is InChI=1S/C19H18N2OS/c1-3-14-5-4-6-17(11-14)21-18(22)15-7-9-16(10-8-15)19-20-13(2)12-23-19/h4-12H,3H2,1-2H3,(H,21,22). The molecule has 0 unspecified atom stereocenters. The highest BCUT2D eigenvalue weighted by molar-refractivity contribution is 7.13. The van der Waals surface area contributed by atoms with Gasteiger partial charge in [0.1, 0.15) is 5.01 Å². The number of amides is 1. The van der Waals surface area contributed by atoms with E-state index in [1.807, 2.05) is 54.8 Å². The highest BCUT2D eigenvalue weighted by Crippen LogP contribution is 2.24. The number of nitrogens with one attached hydrogen (secondary N) is 1. The number of carbonyl (C=O) groups excluding carboxylic acids is 1. The molecule has 0 saturated heterocycles. The van der Waals surface area contributed by atoms with Crippen molar-refractivity contribution < 1.29 is 4.79 Å². The van der Waals surface area contributed by atoms with E-state index in [-0.39, 0.29) is 5.91 Å². The number of hydrogen-bond donors (Lipinski definition) is 1. The molecule has 0 bridgehead atoms. The van der Waals surface area contributed by atoms with Gasteiger partial charge in [-0.1, -0.05) is 31.2 Å². The van der Waals surface area contributed by atoms with E-state index in [0.717, 1.165) is 28.4 Å². The summed E-state index contributed by atoms with van der Waals surface area (Å²) >= 11 is 1.61. The number of aromatic nitrogens is 1. The van der Waals surface area contributed by atoms with Crippen LogP contribution in [-0.4, -0.2) is 10.9 Å². The molecule has 116 valence electrons. The van der Waals surface area contributed by atoms with Crippen LogP contribution in [0, 0.1) is 6.92 Å². The second kappa shape index (κ2) is 6.75. The van der Waals surface area contributed by atoms with E-state index >= 15 is 0 Å². The number of carbonyl (C=O) groups is 1. The van der Waals surface area contributed by atoms with E-state index in [1.54, 1.807) is 11.3 Å². The Hall–Kier alpha value is -2.46. The maximum atomic E-state index is 12.3. The Morgan fingerprint density at radius 2 is 1.96 bits per heavy atom. The van der Waals surface area contributed by atoms with Crippen LogP contribution in [-0.2, 0) is 6.42 Å². The lowest BCUT2D eigenvalue weighted by Gasteiger charge is -2.07. The summed E-state index contributed by atoms with van der Waals surface area (Å²) in [5.41, 5.74) is 4.73. The molecular weight excluding hydrogens is 304 g/mol. The average molecular weight is 322 g/mol. The molecule has 1 aromatic heterocycles. The van der Waals surface area contributed by atoms with E-state index in [1.165, 1.54) is 5.56 Å². The Balaban J connectivity index is 1.75. The predicted molar refractivity (Wildman–Crippen MR) is 96.1 cm³/mol. The van der Waals surface area contributed by atoms with Gasteiger partial charge in [-0.05, 0) is 43.2 Å². The molecule has 0 aliphatic carbocycles. The summed E-state index contributed by atoms with van der Waals surface area (Å²) in [4.78, 5) is 16.8. The Bertz CT molecular complexity index is 821. The highest BCUT2D eigenvalue weighted by Gasteiger charge is 2.08. The number of benzene rings is 2. The van der Waals surface area contributed by atoms with Gasteiger partial charge in [0.25, 0.3) is 5.91 Å². The first-order chi connectivity index (χ1) is 11.2. The van der Waals surface area contributed by atoms with E-state index in [2.05, 4.69) is 23.3 Å². The van der Waals surface area contributed by atoms with Crippen molar-refractivity contribution in [1.82, 2.24) is 4.98 Å². The Morgan fingerprint density at radius 3 is 2.61 bits per heavy atom. The van der Waals surface area contributed by atoms with Crippen LogP contribution in [0.25, 0.3) is 10.6 Å². The molecular formula is C19H18N2OS. The quantitative estimate of drug-likeness (QED) is 0.739. The lowest BCUT2D eigenvalue weighted by molar-refractivity contribution is 0.102. The Labute approximate surface area is 140 Å². The molecule has 1 heterocycles. The Kier molecular flexibility index (Phi) is 4.53. The van der Waals surface area contributed by atoms with Crippen molar-refractivity contribution in [3.05, 3.63) is 70.7 Å². The lowest BCUT2D eigenvalue weighted by atomic mass is 10.1. The van der Waals surface area contributed by atoms with E-state index in [9.17, 15) is 4.79 Å². The topological polar surface area (TPSA) is 42.0 Å². The summed E-state index contributed by atoms with van der Waals surface area (Å²) in [6, 6.07) is 15.5. The van der Waals surface area contributed by atoms with Gasteiger partial charge in [0.15, 0.2) is 0 Å². The highest BCUT2D eigenvalue weighted by atomic mass is 32.1. The third-order valence-electron chi connectivity index (χ3n) is 3.61. The van der Waals surface area contributed by atoms with Gasteiger partial charge in [0.2, 0.25) is 0 Å². The average Bonchev–Trinajstić information content (AvgIpc) is 3.01. The second-order valence-corrected chi connectivity index (χ2v) is 6.24. The van der Waals surface area contributed by atoms with Gasteiger partial charge in [0, 0.05) is 27.9 Å². The lowest BCUT2D eigenvalue weighted by Crippen LogP contribution is -2.11. The Morgan fingerprint density at radius 1 is 1.17 bits per heavy atom. The van der Waals surface area contributed by atoms with Gasteiger partial charge in [0.05, 0.1) is 0 Å². The summed E-state index contributed by atoms with van der Waals surface area (Å²) in [7, 11) is 0. The van der Waals surface area contributed by atoms with Crippen LogP contribution < -0.4 is 5.32 Å². The minimum Gasteiger partial charge on any atom is -0.322 e. The SMILES string of the molecule is CCc1cccc(NC(=O)c2ccc(-c3nc(C)cs3)cc2)c1. The monoisotopic (exact) mass is 322 g/mol. The van der Waals surface area contributed by atoms with Crippen molar-refractivity contribution in [1.29, 1.82) is 0 Å². The van der Waals surface area contributed by atoms with Crippen molar-refractivity contribution >= 4 is 22.9 Å². The number of nitrogens with zero attached hydrogens (tertiary/aromatic N) is 1.